The monoisotopic (exact) mass is 471 g/mol. The molecule has 1 saturated heterocycles. The summed E-state index contributed by atoms with van der Waals surface area (Å²) in [6, 6.07) is 10.7. The highest BCUT2D eigenvalue weighted by atomic mass is 127. The molecular weight excluding hydrogens is 441 g/mol. The summed E-state index contributed by atoms with van der Waals surface area (Å²) >= 11 is 0. The molecule has 6 heteroatoms. The Balaban J connectivity index is 0.00000243. The Morgan fingerprint density at radius 1 is 1.31 bits per heavy atom. The molecule has 0 amide bonds. The Labute approximate surface area is 173 Å². The molecule has 3 rings (SSSR count). The van der Waals surface area contributed by atoms with Gasteiger partial charge in [0.15, 0.2) is 5.96 Å². The van der Waals surface area contributed by atoms with Gasteiger partial charge in [-0.05, 0) is 31.2 Å². The van der Waals surface area contributed by atoms with Gasteiger partial charge in [-0.3, -0.25) is 9.79 Å². The Kier molecular flexibility index (Phi) is 7.32. The van der Waals surface area contributed by atoms with Crippen molar-refractivity contribution in [3.05, 3.63) is 35.9 Å². The van der Waals surface area contributed by atoms with Gasteiger partial charge in [-0.2, -0.15) is 0 Å². The quantitative estimate of drug-likeness (QED) is 0.311. The highest BCUT2D eigenvalue weighted by molar-refractivity contribution is 14.0. The first-order chi connectivity index (χ1) is 12.1. The smallest absolute Gasteiger partial charge is 0.310 e. The number of carbonyl (C=O) groups is 1. The molecule has 1 N–H and O–H groups in total. The number of ether oxygens (including phenoxy) is 1. The van der Waals surface area contributed by atoms with Crippen LogP contribution in [0.5, 0.6) is 0 Å². The Morgan fingerprint density at radius 2 is 2.00 bits per heavy atom. The average molecular weight is 471 g/mol. The summed E-state index contributed by atoms with van der Waals surface area (Å²) in [5.74, 6) is 1.01. The molecule has 0 spiro atoms. The highest BCUT2D eigenvalue weighted by Gasteiger charge is 2.44. The lowest BCUT2D eigenvalue weighted by atomic mass is 9.96. The molecule has 1 aliphatic heterocycles. The van der Waals surface area contributed by atoms with E-state index in [4.69, 9.17) is 9.73 Å². The first kappa shape index (κ1) is 21.0. The molecular formula is C20H30IN3O2. The third kappa shape index (κ3) is 4.50. The van der Waals surface area contributed by atoms with E-state index in [9.17, 15) is 4.79 Å². The third-order valence-electron chi connectivity index (χ3n) is 5.52. The number of esters is 1. The number of nitrogens with zero attached hydrogens (tertiary/aromatic N) is 2. The summed E-state index contributed by atoms with van der Waals surface area (Å²) in [4.78, 5) is 19.1. The number of likely N-dealkylation sites (tertiary alicyclic amines) is 1. The van der Waals surface area contributed by atoms with Gasteiger partial charge in [-0.1, -0.05) is 37.3 Å². The maximum atomic E-state index is 12.0. The second-order valence-electron chi connectivity index (χ2n) is 7.33. The molecule has 5 nitrogen and oxygen atoms in total. The molecule has 0 aromatic heterocycles. The topological polar surface area (TPSA) is 53.9 Å². The number of rotatable bonds is 5. The molecule has 2 fully saturated rings. The fraction of sp³-hybridized carbons (Fsp3) is 0.600. The van der Waals surface area contributed by atoms with Gasteiger partial charge in [0, 0.05) is 25.0 Å². The second kappa shape index (κ2) is 9.06. The van der Waals surface area contributed by atoms with Gasteiger partial charge in [-0.25, -0.2) is 0 Å². The summed E-state index contributed by atoms with van der Waals surface area (Å²) in [6.07, 6.45) is 2.39. The first-order valence-electron chi connectivity index (χ1n) is 9.26. The standard InChI is InChI=1S/C20H29N3O2.HI/c1-4-21-19(23-12-15(2)17(13-23)18(24)25-3)22-14-20(10-11-20)16-8-6-5-7-9-16;/h5-9,15,17H,4,10-14H2,1-3H3,(H,21,22);1H. The van der Waals surface area contributed by atoms with Crippen LogP contribution < -0.4 is 5.32 Å². The van der Waals surface area contributed by atoms with E-state index in [0.29, 0.717) is 6.54 Å². The fourth-order valence-electron chi connectivity index (χ4n) is 3.73. The molecule has 26 heavy (non-hydrogen) atoms. The van der Waals surface area contributed by atoms with E-state index in [-0.39, 0.29) is 47.2 Å². The molecule has 2 atom stereocenters. The van der Waals surface area contributed by atoms with Crippen LogP contribution in [0.25, 0.3) is 0 Å². The summed E-state index contributed by atoms with van der Waals surface area (Å²) in [6.45, 7) is 7.33. The zero-order valence-electron chi connectivity index (χ0n) is 15.9. The van der Waals surface area contributed by atoms with Crippen LogP contribution in [-0.2, 0) is 14.9 Å². The number of nitrogens with one attached hydrogen (secondary N) is 1. The van der Waals surface area contributed by atoms with Crippen molar-refractivity contribution in [2.24, 2.45) is 16.8 Å². The van der Waals surface area contributed by atoms with Gasteiger partial charge in [0.25, 0.3) is 0 Å². The van der Waals surface area contributed by atoms with Crippen LogP contribution in [-0.4, -0.2) is 50.1 Å². The lowest BCUT2D eigenvalue weighted by Gasteiger charge is -2.23. The molecule has 0 radical (unpaired) electrons. The van der Waals surface area contributed by atoms with Crippen LogP contribution in [0, 0.1) is 11.8 Å². The minimum Gasteiger partial charge on any atom is -0.469 e. The molecule has 2 unspecified atom stereocenters. The van der Waals surface area contributed by atoms with Crippen molar-refractivity contribution in [3.63, 3.8) is 0 Å². The fourth-order valence-corrected chi connectivity index (χ4v) is 3.73. The van der Waals surface area contributed by atoms with Crippen molar-refractivity contribution >= 4 is 35.9 Å². The van der Waals surface area contributed by atoms with E-state index >= 15 is 0 Å². The van der Waals surface area contributed by atoms with Crippen LogP contribution in [0.2, 0.25) is 0 Å². The lowest BCUT2D eigenvalue weighted by Crippen LogP contribution is -2.41. The number of hydrogen-bond donors (Lipinski definition) is 1. The van der Waals surface area contributed by atoms with Crippen LogP contribution in [0.4, 0.5) is 0 Å². The number of hydrogen-bond acceptors (Lipinski definition) is 3. The van der Waals surface area contributed by atoms with Crippen LogP contribution in [0.3, 0.4) is 0 Å². The number of halogens is 1. The van der Waals surface area contributed by atoms with Gasteiger partial charge in [0.05, 0.1) is 19.6 Å². The number of guanidine groups is 1. The van der Waals surface area contributed by atoms with E-state index in [0.717, 1.165) is 25.6 Å². The van der Waals surface area contributed by atoms with E-state index in [1.165, 1.54) is 25.5 Å². The SMILES string of the molecule is CCNC(=NCC1(c2ccccc2)CC1)N1CC(C)C(C(=O)OC)C1.I. The molecule has 1 saturated carbocycles. The van der Waals surface area contributed by atoms with Gasteiger partial charge in [0.1, 0.15) is 0 Å². The summed E-state index contributed by atoms with van der Waals surface area (Å²) in [5.41, 5.74) is 1.59. The average Bonchev–Trinajstić information content (AvgIpc) is 3.34. The maximum Gasteiger partial charge on any atom is 0.310 e. The van der Waals surface area contributed by atoms with Crippen LogP contribution >= 0.6 is 24.0 Å². The van der Waals surface area contributed by atoms with Gasteiger partial charge in [0.2, 0.25) is 0 Å². The predicted octanol–water partition coefficient (Wildman–Crippen LogP) is 3.04. The van der Waals surface area contributed by atoms with Crippen LogP contribution in [0.15, 0.2) is 35.3 Å². The maximum absolute atomic E-state index is 12.0. The number of carbonyl (C=O) groups excluding carboxylic acids is 1. The molecule has 2 aliphatic rings. The van der Waals surface area contributed by atoms with E-state index in [2.05, 4.69) is 54.4 Å². The van der Waals surface area contributed by atoms with Crippen molar-refractivity contribution in [1.29, 1.82) is 0 Å². The Hall–Kier alpha value is -1.31. The molecule has 0 bridgehead atoms. The summed E-state index contributed by atoms with van der Waals surface area (Å²) in [5, 5.41) is 3.40. The van der Waals surface area contributed by atoms with Gasteiger partial charge >= 0.3 is 5.97 Å². The van der Waals surface area contributed by atoms with E-state index < -0.39 is 0 Å². The zero-order chi connectivity index (χ0) is 17.9. The minimum absolute atomic E-state index is 0. The minimum atomic E-state index is -0.117. The van der Waals surface area contributed by atoms with E-state index in [1.807, 2.05) is 0 Å². The lowest BCUT2D eigenvalue weighted by molar-refractivity contribution is -0.145. The number of methoxy groups -OCH3 is 1. The van der Waals surface area contributed by atoms with Gasteiger partial charge < -0.3 is 15.0 Å². The Morgan fingerprint density at radius 3 is 2.58 bits per heavy atom. The van der Waals surface area contributed by atoms with Crippen molar-refractivity contribution in [3.8, 4) is 0 Å². The van der Waals surface area contributed by atoms with Crippen molar-refractivity contribution in [2.75, 3.05) is 33.3 Å². The second-order valence-corrected chi connectivity index (χ2v) is 7.33. The summed E-state index contributed by atoms with van der Waals surface area (Å²) in [7, 11) is 1.47. The zero-order valence-corrected chi connectivity index (χ0v) is 18.2. The van der Waals surface area contributed by atoms with Crippen molar-refractivity contribution < 1.29 is 9.53 Å². The Bertz CT molecular complexity index is 631. The number of aliphatic imine (C=N–C) groups is 1. The van der Waals surface area contributed by atoms with Crippen LogP contribution in [0.1, 0.15) is 32.3 Å². The molecule has 1 heterocycles. The normalized spacial score (nSPS) is 24.0. The van der Waals surface area contributed by atoms with Crippen molar-refractivity contribution in [1.82, 2.24) is 10.2 Å². The first-order valence-corrected chi connectivity index (χ1v) is 9.26. The molecule has 1 aliphatic carbocycles. The highest BCUT2D eigenvalue weighted by Crippen LogP contribution is 2.48. The summed E-state index contributed by atoms with van der Waals surface area (Å²) < 4.78 is 4.95. The molecule has 1 aromatic rings. The molecule has 1 aromatic carbocycles. The van der Waals surface area contributed by atoms with E-state index in [1.54, 1.807) is 0 Å². The van der Waals surface area contributed by atoms with Crippen molar-refractivity contribution in [2.45, 2.75) is 32.1 Å². The predicted molar refractivity (Wildman–Crippen MR) is 115 cm³/mol. The molecule has 144 valence electrons. The largest absolute Gasteiger partial charge is 0.469 e. The van der Waals surface area contributed by atoms with Gasteiger partial charge in [-0.15, -0.1) is 24.0 Å². The third-order valence-corrected chi connectivity index (χ3v) is 5.52. The number of benzene rings is 1.